The van der Waals surface area contributed by atoms with Crippen LogP contribution >= 0.6 is 35.0 Å². The minimum Gasteiger partial charge on any atom is -0.481 e. The molecule has 1 aromatic carbocycles. The summed E-state index contributed by atoms with van der Waals surface area (Å²) in [7, 11) is 0. The predicted octanol–water partition coefficient (Wildman–Crippen LogP) is 2.04. The van der Waals surface area contributed by atoms with Crippen LogP contribution in [0.2, 0.25) is 10.0 Å². The normalized spacial score (nSPS) is 10.6. The molecule has 0 fully saturated rings. The van der Waals surface area contributed by atoms with Crippen LogP contribution in [0.3, 0.4) is 0 Å². The maximum Gasteiger partial charge on any atom is 0.348 e. The molecule has 19 heavy (non-hydrogen) atoms. The van der Waals surface area contributed by atoms with Crippen molar-refractivity contribution in [2.45, 2.75) is 5.16 Å². The molecule has 1 aromatic heterocycles. The monoisotopic (exact) mass is 319 g/mol. The zero-order valence-corrected chi connectivity index (χ0v) is 11.6. The third-order valence-corrected chi connectivity index (χ3v) is 3.87. The van der Waals surface area contributed by atoms with Crippen LogP contribution in [-0.4, -0.2) is 31.6 Å². The van der Waals surface area contributed by atoms with Gasteiger partial charge in [0.05, 0.1) is 21.5 Å². The minimum atomic E-state index is -1.01. The SMILES string of the molecule is O=C(O)CSc1n[nH]c(=O)n1-c1cccc(Cl)c1Cl. The zero-order valence-electron chi connectivity index (χ0n) is 9.26. The summed E-state index contributed by atoms with van der Waals surface area (Å²) >= 11 is 12.8. The Labute approximate surface area is 121 Å². The summed E-state index contributed by atoms with van der Waals surface area (Å²) in [6, 6.07) is 4.81. The van der Waals surface area contributed by atoms with Crippen LogP contribution in [-0.2, 0) is 4.79 Å². The Morgan fingerprint density at radius 3 is 2.89 bits per heavy atom. The molecule has 0 saturated heterocycles. The molecule has 0 unspecified atom stereocenters. The molecule has 100 valence electrons. The fourth-order valence-corrected chi connectivity index (χ4v) is 2.44. The quantitative estimate of drug-likeness (QED) is 0.842. The van der Waals surface area contributed by atoms with E-state index in [0.29, 0.717) is 10.7 Å². The molecular formula is C10H7Cl2N3O3S. The van der Waals surface area contributed by atoms with Gasteiger partial charge in [0.25, 0.3) is 0 Å². The van der Waals surface area contributed by atoms with Gasteiger partial charge in [-0.15, -0.1) is 5.10 Å². The van der Waals surface area contributed by atoms with Gasteiger partial charge in [-0.3, -0.25) is 4.79 Å². The number of aliphatic carboxylic acids is 1. The molecule has 0 bridgehead atoms. The zero-order chi connectivity index (χ0) is 14.0. The van der Waals surface area contributed by atoms with Gasteiger partial charge in [0.2, 0.25) is 0 Å². The van der Waals surface area contributed by atoms with Gasteiger partial charge >= 0.3 is 11.7 Å². The number of carbonyl (C=O) groups is 1. The summed E-state index contributed by atoms with van der Waals surface area (Å²) in [5, 5.41) is 15.4. The van der Waals surface area contributed by atoms with Crippen molar-refractivity contribution in [3.63, 3.8) is 0 Å². The van der Waals surface area contributed by atoms with Gasteiger partial charge in [-0.1, -0.05) is 41.0 Å². The van der Waals surface area contributed by atoms with E-state index in [1.165, 1.54) is 4.57 Å². The van der Waals surface area contributed by atoms with Gasteiger partial charge in [0.15, 0.2) is 5.16 Å². The number of aromatic amines is 1. The molecule has 2 N–H and O–H groups in total. The highest BCUT2D eigenvalue weighted by Crippen LogP contribution is 2.29. The summed E-state index contributed by atoms with van der Waals surface area (Å²) in [5.41, 5.74) is -0.169. The van der Waals surface area contributed by atoms with Crippen LogP contribution in [0.4, 0.5) is 0 Å². The van der Waals surface area contributed by atoms with Gasteiger partial charge in [0.1, 0.15) is 0 Å². The van der Waals surface area contributed by atoms with E-state index in [4.69, 9.17) is 28.3 Å². The van der Waals surface area contributed by atoms with E-state index in [2.05, 4.69) is 10.2 Å². The number of carboxylic acid groups (broad SMARTS) is 1. The van der Waals surface area contributed by atoms with E-state index in [0.717, 1.165) is 11.8 Å². The number of nitrogens with one attached hydrogen (secondary N) is 1. The maximum absolute atomic E-state index is 11.7. The summed E-state index contributed by atoms with van der Waals surface area (Å²) in [5.74, 6) is -1.23. The highest BCUT2D eigenvalue weighted by atomic mass is 35.5. The van der Waals surface area contributed by atoms with E-state index >= 15 is 0 Å². The summed E-state index contributed by atoms with van der Waals surface area (Å²) < 4.78 is 1.18. The van der Waals surface area contributed by atoms with Gasteiger partial charge in [0, 0.05) is 0 Å². The van der Waals surface area contributed by atoms with Crippen LogP contribution in [0, 0.1) is 0 Å². The van der Waals surface area contributed by atoms with Gasteiger partial charge < -0.3 is 5.11 Å². The van der Waals surface area contributed by atoms with Crippen LogP contribution in [0.5, 0.6) is 0 Å². The number of aromatic nitrogens is 3. The van der Waals surface area contributed by atoms with E-state index in [1.54, 1.807) is 18.2 Å². The molecule has 0 saturated carbocycles. The lowest BCUT2D eigenvalue weighted by Gasteiger charge is -2.07. The Balaban J connectivity index is 2.49. The molecule has 0 aliphatic carbocycles. The van der Waals surface area contributed by atoms with E-state index in [-0.39, 0.29) is 15.9 Å². The smallest absolute Gasteiger partial charge is 0.348 e. The van der Waals surface area contributed by atoms with Crippen molar-refractivity contribution in [2.75, 3.05) is 5.75 Å². The Morgan fingerprint density at radius 1 is 1.47 bits per heavy atom. The summed E-state index contributed by atoms with van der Waals surface area (Å²) in [4.78, 5) is 22.3. The third kappa shape index (κ3) is 2.94. The molecule has 2 aromatic rings. The maximum atomic E-state index is 11.7. The van der Waals surface area contributed by atoms with Crippen molar-refractivity contribution in [3.8, 4) is 5.69 Å². The largest absolute Gasteiger partial charge is 0.481 e. The van der Waals surface area contributed by atoms with E-state index < -0.39 is 11.7 Å². The molecule has 0 aliphatic heterocycles. The Hall–Kier alpha value is -1.44. The van der Waals surface area contributed by atoms with Crippen molar-refractivity contribution >= 4 is 40.9 Å². The Kier molecular flexibility index (Phi) is 4.18. The molecule has 6 nitrogen and oxygen atoms in total. The Morgan fingerprint density at radius 2 is 2.21 bits per heavy atom. The topological polar surface area (TPSA) is 88.0 Å². The lowest BCUT2D eigenvalue weighted by atomic mass is 10.3. The standard InChI is InChI=1S/C10H7Cl2N3O3S/c11-5-2-1-3-6(8(5)12)15-9(18)13-14-10(15)19-4-7(16)17/h1-3H,4H2,(H,13,18)(H,16,17). The molecule has 1 heterocycles. The second-order valence-corrected chi connectivity index (χ2v) is 5.13. The lowest BCUT2D eigenvalue weighted by Crippen LogP contribution is -2.16. The molecule has 0 radical (unpaired) electrons. The van der Waals surface area contributed by atoms with Crippen molar-refractivity contribution in [1.82, 2.24) is 14.8 Å². The number of benzene rings is 1. The van der Waals surface area contributed by atoms with E-state index in [1.807, 2.05) is 0 Å². The average molecular weight is 320 g/mol. The number of hydrogen-bond donors (Lipinski definition) is 2. The number of nitrogens with zero attached hydrogens (tertiary/aromatic N) is 2. The number of rotatable bonds is 4. The first-order chi connectivity index (χ1) is 9.00. The fourth-order valence-electron chi connectivity index (χ4n) is 1.38. The van der Waals surface area contributed by atoms with Gasteiger partial charge in [-0.05, 0) is 12.1 Å². The first-order valence-corrected chi connectivity index (χ1v) is 6.71. The first kappa shape index (κ1) is 14.0. The van der Waals surface area contributed by atoms with Crippen molar-refractivity contribution in [1.29, 1.82) is 0 Å². The van der Waals surface area contributed by atoms with Crippen molar-refractivity contribution < 1.29 is 9.90 Å². The van der Waals surface area contributed by atoms with Crippen molar-refractivity contribution in [2.24, 2.45) is 0 Å². The second kappa shape index (κ2) is 5.68. The minimum absolute atomic E-state index is 0.199. The lowest BCUT2D eigenvalue weighted by molar-refractivity contribution is -0.133. The highest BCUT2D eigenvalue weighted by Gasteiger charge is 2.16. The predicted molar refractivity (Wildman–Crippen MR) is 72.6 cm³/mol. The summed E-state index contributed by atoms with van der Waals surface area (Å²) in [6.07, 6.45) is 0. The number of thioether (sulfide) groups is 1. The van der Waals surface area contributed by atoms with Crippen molar-refractivity contribution in [3.05, 3.63) is 38.7 Å². The van der Waals surface area contributed by atoms with Gasteiger partial charge in [-0.25, -0.2) is 14.5 Å². The van der Waals surface area contributed by atoms with Crippen LogP contribution in [0.15, 0.2) is 28.2 Å². The highest BCUT2D eigenvalue weighted by molar-refractivity contribution is 7.99. The fraction of sp³-hybridized carbons (Fsp3) is 0.100. The molecule has 0 aliphatic rings. The number of halogens is 2. The average Bonchev–Trinajstić information content (AvgIpc) is 2.72. The molecule has 9 heteroatoms. The number of carboxylic acids is 1. The molecule has 0 atom stereocenters. The van der Waals surface area contributed by atoms with E-state index in [9.17, 15) is 9.59 Å². The molecular weight excluding hydrogens is 313 g/mol. The van der Waals surface area contributed by atoms with Crippen LogP contribution < -0.4 is 5.69 Å². The second-order valence-electron chi connectivity index (χ2n) is 3.40. The first-order valence-electron chi connectivity index (χ1n) is 4.97. The number of hydrogen-bond acceptors (Lipinski definition) is 4. The van der Waals surface area contributed by atoms with Gasteiger partial charge in [-0.2, -0.15) is 0 Å². The summed E-state index contributed by atoms with van der Waals surface area (Å²) in [6.45, 7) is 0. The number of H-pyrrole nitrogens is 1. The molecule has 0 spiro atoms. The molecule has 2 rings (SSSR count). The van der Waals surface area contributed by atoms with Crippen LogP contribution in [0.25, 0.3) is 5.69 Å². The Bertz CT molecular complexity index is 683. The van der Waals surface area contributed by atoms with Crippen LogP contribution in [0.1, 0.15) is 0 Å². The molecule has 0 amide bonds. The third-order valence-electron chi connectivity index (χ3n) is 2.14.